The second-order valence-electron chi connectivity index (χ2n) is 17.3. The molecule has 0 radical (unpaired) electrons. The third kappa shape index (κ3) is 12.9. The molecular formula is C49H60Cl2N6O6. The number of nitriles is 2. The average Bonchev–Trinajstić information content (AvgIpc) is 3.70. The van der Waals surface area contributed by atoms with E-state index in [-0.39, 0.29) is 46.3 Å². The molecule has 0 spiro atoms. The van der Waals surface area contributed by atoms with Crippen LogP contribution in [-0.2, 0) is 52.5 Å². The Morgan fingerprint density at radius 3 is 1.33 bits per heavy atom. The molecule has 0 N–H and O–H groups in total. The Labute approximate surface area is 382 Å². The highest BCUT2D eigenvalue weighted by Crippen LogP contribution is 2.36. The van der Waals surface area contributed by atoms with Crippen molar-refractivity contribution in [2.45, 2.75) is 120 Å². The number of benzene rings is 2. The fourth-order valence-corrected chi connectivity index (χ4v) is 6.42. The van der Waals surface area contributed by atoms with Crippen molar-refractivity contribution in [3.05, 3.63) is 116 Å². The van der Waals surface area contributed by atoms with Crippen molar-refractivity contribution in [3.8, 4) is 12.1 Å². The summed E-state index contributed by atoms with van der Waals surface area (Å²) in [5.41, 5.74) is 5.69. The number of rotatable bonds is 15. The molecule has 336 valence electrons. The molecule has 0 atom stereocenters. The normalized spacial score (nSPS) is 12.4. The number of halogens is 2. The van der Waals surface area contributed by atoms with Crippen LogP contribution in [0.5, 0.6) is 0 Å². The number of ether oxygens (including phenoxy) is 4. The van der Waals surface area contributed by atoms with Crippen LogP contribution in [-0.4, -0.2) is 45.1 Å². The minimum absolute atomic E-state index is 0.0179. The van der Waals surface area contributed by atoms with Crippen LogP contribution in [0.2, 0.25) is 10.0 Å². The number of esters is 2. The number of aryl methyl sites for hydroxylation is 4. The lowest BCUT2D eigenvalue weighted by atomic mass is 9.86. The monoisotopic (exact) mass is 898 g/mol. The lowest BCUT2D eigenvalue weighted by Gasteiger charge is -2.21. The number of carbonyl (C=O) groups excluding carboxylic acids is 2. The molecule has 2 heterocycles. The molecule has 0 unspecified atom stereocenters. The molecule has 2 aromatic heterocycles. The van der Waals surface area contributed by atoms with Gasteiger partial charge in [-0.25, -0.2) is 4.79 Å². The van der Waals surface area contributed by atoms with Crippen LogP contribution in [0.4, 0.5) is 0 Å². The summed E-state index contributed by atoms with van der Waals surface area (Å²) in [5.74, 6) is -0.571. The second-order valence-corrected chi connectivity index (χ2v) is 18.0. The van der Waals surface area contributed by atoms with Crippen molar-refractivity contribution in [3.63, 3.8) is 0 Å². The molecule has 0 aliphatic rings. The zero-order chi connectivity index (χ0) is 47.4. The lowest BCUT2D eigenvalue weighted by molar-refractivity contribution is -0.162. The van der Waals surface area contributed by atoms with E-state index < -0.39 is 18.2 Å². The van der Waals surface area contributed by atoms with Gasteiger partial charge in [0.25, 0.3) is 0 Å². The van der Waals surface area contributed by atoms with Crippen molar-refractivity contribution < 1.29 is 28.5 Å². The minimum atomic E-state index is -0.631. The molecule has 2 aromatic carbocycles. The average molecular weight is 900 g/mol. The predicted octanol–water partition coefficient (Wildman–Crippen LogP) is 11.8. The number of nitrogens with zero attached hydrogens (tertiary/aromatic N) is 6. The lowest BCUT2D eigenvalue weighted by Crippen LogP contribution is -2.26. The molecule has 4 rings (SSSR count). The summed E-state index contributed by atoms with van der Waals surface area (Å²) < 4.78 is 25.4. The molecule has 0 saturated carbocycles. The van der Waals surface area contributed by atoms with E-state index in [0.29, 0.717) is 63.5 Å². The van der Waals surface area contributed by atoms with Crippen LogP contribution in [0.1, 0.15) is 128 Å². The fourth-order valence-electron chi connectivity index (χ4n) is 5.98. The molecular weight excluding hydrogens is 839 g/mol. The van der Waals surface area contributed by atoms with Gasteiger partial charge in [-0.3, -0.25) is 14.2 Å². The first-order valence-electron chi connectivity index (χ1n) is 20.7. The van der Waals surface area contributed by atoms with Crippen LogP contribution in [0.25, 0.3) is 22.7 Å². The highest BCUT2D eigenvalue weighted by Gasteiger charge is 2.29. The van der Waals surface area contributed by atoms with Crippen LogP contribution in [0.15, 0.2) is 61.2 Å². The summed E-state index contributed by atoms with van der Waals surface area (Å²) in [6.45, 7) is 29.4. The Kier molecular flexibility index (Phi) is 18.0. The largest absolute Gasteiger partial charge is 0.454 e. The number of hydrogen-bond donors (Lipinski definition) is 0. The Morgan fingerprint density at radius 2 is 1.03 bits per heavy atom. The van der Waals surface area contributed by atoms with E-state index in [2.05, 4.69) is 70.5 Å². The molecule has 63 heavy (non-hydrogen) atoms. The van der Waals surface area contributed by atoms with Gasteiger partial charge < -0.3 is 18.9 Å². The van der Waals surface area contributed by atoms with Gasteiger partial charge in [-0.1, -0.05) is 127 Å². The third-order valence-corrected chi connectivity index (χ3v) is 11.2. The van der Waals surface area contributed by atoms with E-state index in [4.69, 9.17) is 42.1 Å². The van der Waals surface area contributed by atoms with Crippen molar-refractivity contribution in [1.82, 2.24) is 19.6 Å². The van der Waals surface area contributed by atoms with Crippen molar-refractivity contribution >= 4 is 57.8 Å². The zero-order valence-corrected chi connectivity index (χ0v) is 40.3. The second kappa shape index (κ2) is 22.0. The Bertz CT molecular complexity index is 2410. The van der Waals surface area contributed by atoms with E-state index in [1.807, 2.05) is 83.1 Å². The molecule has 0 amide bonds. The minimum Gasteiger partial charge on any atom is -0.454 e. The highest BCUT2D eigenvalue weighted by atomic mass is 35.5. The summed E-state index contributed by atoms with van der Waals surface area (Å²) in [6, 6.07) is 19.9. The molecule has 0 aliphatic carbocycles. The van der Waals surface area contributed by atoms with Gasteiger partial charge in [-0.2, -0.15) is 20.7 Å². The fraction of sp³-hybridized carbons (Fsp3) is 0.429. The first-order chi connectivity index (χ1) is 29.5. The van der Waals surface area contributed by atoms with E-state index in [1.165, 1.54) is 0 Å². The van der Waals surface area contributed by atoms with E-state index in [1.54, 1.807) is 23.2 Å². The molecule has 0 saturated heterocycles. The number of hydrogen-bond acceptors (Lipinski definition) is 10. The van der Waals surface area contributed by atoms with Crippen molar-refractivity contribution in [2.75, 3.05) is 13.6 Å². The van der Waals surface area contributed by atoms with Crippen molar-refractivity contribution in [1.29, 1.82) is 10.5 Å². The zero-order valence-electron chi connectivity index (χ0n) is 38.8. The van der Waals surface area contributed by atoms with Gasteiger partial charge in [-0.05, 0) is 81.0 Å². The molecule has 4 aromatic rings. The predicted molar refractivity (Wildman–Crippen MR) is 249 cm³/mol. The first kappa shape index (κ1) is 51.5. The van der Waals surface area contributed by atoms with Gasteiger partial charge in [0.1, 0.15) is 34.7 Å². The summed E-state index contributed by atoms with van der Waals surface area (Å²) in [5, 5.41) is 29.7. The molecule has 0 bridgehead atoms. The maximum absolute atomic E-state index is 12.4. The standard InChI is InChI=1S/C26H34ClN3O3.C23H26ClN3O3/c1-9-26(7,8)24(31)33-16-32-23(22-21(27)17(3)29-30(22)10-2)20(15-28)18-11-13-19(14-12-18)25(4,5)6;1-7-19(28)29-14-30-22(21-20(24)15(3)26-27(21)8-2)18(13-25)16-9-11-17(12-10-16)23(4,5)6/h11-14H,9-10,16H2,1-8H3;7,9-12H,1,8,14H2,2-6H3/b23-20-;22-18-. The topological polar surface area (TPSA) is 154 Å². The number of aromatic nitrogens is 4. The van der Waals surface area contributed by atoms with E-state index in [0.717, 1.165) is 17.2 Å². The van der Waals surface area contributed by atoms with Crippen LogP contribution in [0, 0.1) is 41.9 Å². The van der Waals surface area contributed by atoms with Crippen molar-refractivity contribution in [2.24, 2.45) is 5.41 Å². The Balaban J connectivity index is 0.000000337. The smallest absolute Gasteiger partial charge is 0.333 e. The van der Waals surface area contributed by atoms with E-state index in [9.17, 15) is 20.1 Å². The quantitative estimate of drug-likeness (QED) is 0.0370. The van der Waals surface area contributed by atoms with Crippen LogP contribution in [0.3, 0.4) is 0 Å². The third-order valence-electron chi connectivity index (χ3n) is 10.3. The van der Waals surface area contributed by atoms with Crippen LogP contribution >= 0.6 is 23.2 Å². The maximum Gasteiger partial charge on any atom is 0.333 e. The van der Waals surface area contributed by atoms with Crippen LogP contribution < -0.4 is 0 Å². The molecule has 0 aliphatic heterocycles. The Hall–Kier alpha value is -5.82. The first-order valence-corrected chi connectivity index (χ1v) is 21.5. The van der Waals surface area contributed by atoms with Gasteiger partial charge in [0.2, 0.25) is 13.6 Å². The Morgan fingerprint density at radius 1 is 0.667 bits per heavy atom. The maximum atomic E-state index is 12.4. The van der Waals surface area contributed by atoms with Gasteiger partial charge in [0, 0.05) is 19.2 Å². The summed E-state index contributed by atoms with van der Waals surface area (Å²) in [4.78, 5) is 23.8. The van der Waals surface area contributed by atoms with Gasteiger partial charge in [-0.15, -0.1) is 0 Å². The SMILES string of the molecule is C=CC(=O)OCO/C(=C(/C#N)c1ccc(C(C)(C)C)cc1)c1c(Cl)c(C)nn1CC.CCn1nc(C)c(Cl)c1/C(OCOC(=O)C(C)(C)CC)=C(\C#N)c1ccc(C(C)(C)C)cc1. The molecule has 12 nitrogen and oxygen atoms in total. The summed E-state index contributed by atoms with van der Waals surface area (Å²) in [6.07, 6.45) is 1.67. The van der Waals surface area contributed by atoms with E-state index >= 15 is 0 Å². The van der Waals surface area contributed by atoms with Gasteiger partial charge in [0.15, 0.2) is 11.5 Å². The summed E-state index contributed by atoms with van der Waals surface area (Å²) in [7, 11) is 0. The number of allylic oxidation sites excluding steroid dienone is 2. The molecule has 0 fully saturated rings. The number of carbonyl (C=O) groups is 2. The van der Waals surface area contributed by atoms with Gasteiger partial charge >= 0.3 is 11.9 Å². The molecule has 14 heteroatoms. The summed E-state index contributed by atoms with van der Waals surface area (Å²) >= 11 is 13.1. The highest BCUT2D eigenvalue weighted by molar-refractivity contribution is 6.33. The van der Waals surface area contributed by atoms with Gasteiger partial charge in [0.05, 0.1) is 26.8 Å².